The van der Waals surface area contributed by atoms with E-state index in [1.165, 1.54) is 0 Å². The Morgan fingerprint density at radius 1 is 1.16 bits per heavy atom. The van der Waals surface area contributed by atoms with E-state index in [0.717, 1.165) is 42.5 Å². The molecule has 1 aliphatic rings. The number of nitrogens with two attached hydrogens (primary N) is 1. The predicted octanol–water partition coefficient (Wildman–Crippen LogP) is 2.88. The van der Waals surface area contributed by atoms with Gasteiger partial charge in [-0.15, -0.1) is 0 Å². The Labute approximate surface area is 146 Å². The summed E-state index contributed by atoms with van der Waals surface area (Å²) in [6.07, 6.45) is 7.15. The SMILES string of the molecule is NC1CCCC(C(=O)Nc2ccc(-n3cnc4ccccc43)nc2)C1. The molecule has 2 atom stereocenters. The summed E-state index contributed by atoms with van der Waals surface area (Å²) in [5.41, 5.74) is 8.61. The second kappa shape index (κ2) is 6.64. The fourth-order valence-corrected chi connectivity index (χ4v) is 3.45. The average Bonchev–Trinajstić information content (AvgIpc) is 3.06. The molecule has 0 spiro atoms. The Bertz CT molecular complexity index is 886. The maximum atomic E-state index is 12.4. The maximum absolute atomic E-state index is 12.4. The molecule has 2 aromatic heterocycles. The predicted molar refractivity (Wildman–Crippen MR) is 97.4 cm³/mol. The zero-order valence-corrected chi connectivity index (χ0v) is 13.9. The molecule has 3 aromatic rings. The van der Waals surface area contributed by atoms with Gasteiger partial charge in [0, 0.05) is 12.0 Å². The fraction of sp³-hybridized carbons (Fsp3) is 0.316. The van der Waals surface area contributed by atoms with Gasteiger partial charge in [-0.2, -0.15) is 0 Å². The van der Waals surface area contributed by atoms with Crippen LogP contribution in [0.3, 0.4) is 0 Å². The minimum Gasteiger partial charge on any atom is -0.328 e. The van der Waals surface area contributed by atoms with Crippen LogP contribution in [0.25, 0.3) is 16.9 Å². The van der Waals surface area contributed by atoms with Gasteiger partial charge < -0.3 is 11.1 Å². The van der Waals surface area contributed by atoms with Crippen LogP contribution in [0.2, 0.25) is 0 Å². The van der Waals surface area contributed by atoms with Gasteiger partial charge in [0.25, 0.3) is 0 Å². The normalized spacial score (nSPS) is 20.5. The number of carbonyl (C=O) groups is 1. The zero-order chi connectivity index (χ0) is 17.2. The minimum atomic E-state index is 0.000943. The molecule has 2 unspecified atom stereocenters. The molecule has 4 rings (SSSR count). The van der Waals surface area contributed by atoms with Gasteiger partial charge in [0.1, 0.15) is 12.1 Å². The highest BCUT2D eigenvalue weighted by Gasteiger charge is 2.25. The van der Waals surface area contributed by atoms with E-state index < -0.39 is 0 Å². The molecule has 1 aliphatic carbocycles. The first-order chi connectivity index (χ1) is 12.2. The number of pyridine rings is 1. The van der Waals surface area contributed by atoms with E-state index in [4.69, 9.17) is 5.73 Å². The molecule has 1 aromatic carbocycles. The summed E-state index contributed by atoms with van der Waals surface area (Å²) in [4.78, 5) is 21.2. The van der Waals surface area contributed by atoms with Crippen molar-refractivity contribution in [3.05, 3.63) is 48.9 Å². The lowest BCUT2D eigenvalue weighted by molar-refractivity contribution is -0.120. The summed E-state index contributed by atoms with van der Waals surface area (Å²) >= 11 is 0. The number of nitrogens with one attached hydrogen (secondary N) is 1. The molecule has 0 saturated heterocycles. The van der Waals surface area contributed by atoms with Crippen LogP contribution in [-0.4, -0.2) is 26.5 Å². The molecule has 1 saturated carbocycles. The molecule has 128 valence electrons. The summed E-state index contributed by atoms with van der Waals surface area (Å²) < 4.78 is 1.93. The van der Waals surface area contributed by atoms with Crippen molar-refractivity contribution >= 4 is 22.6 Å². The number of nitrogens with zero attached hydrogens (tertiary/aromatic N) is 3. The van der Waals surface area contributed by atoms with Gasteiger partial charge in [-0.1, -0.05) is 18.6 Å². The van der Waals surface area contributed by atoms with Gasteiger partial charge in [-0.3, -0.25) is 9.36 Å². The number of anilines is 1. The molecule has 0 bridgehead atoms. The molecule has 0 aliphatic heterocycles. The number of benzene rings is 1. The lowest BCUT2D eigenvalue weighted by Gasteiger charge is -2.25. The first kappa shape index (κ1) is 15.8. The van der Waals surface area contributed by atoms with Crippen molar-refractivity contribution in [3.8, 4) is 5.82 Å². The van der Waals surface area contributed by atoms with Crippen molar-refractivity contribution in [1.82, 2.24) is 14.5 Å². The van der Waals surface area contributed by atoms with Crippen LogP contribution in [0, 0.1) is 5.92 Å². The highest BCUT2D eigenvalue weighted by atomic mass is 16.1. The molecule has 6 nitrogen and oxygen atoms in total. The summed E-state index contributed by atoms with van der Waals surface area (Å²) in [5, 5.41) is 2.96. The number of amides is 1. The van der Waals surface area contributed by atoms with E-state index in [0.29, 0.717) is 5.69 Å². The second-order valence-electron chi connectivity index (χ2n) is 6.62. The topological polar surface area (TPSA) is 85.8 Å². The number of fused-ring (bicyclic) bond motifs is 1. The van der Waals surface area contributed by atoms with Gasteiger partial charge in [-0.05, 0) is 43.5 Å². The van der Waals surface area contributed by atoms with Gasteiger partial charge in [0.15, 0.2) is 0 Å². The Hall–Kier alpha value is -2.73. The van der Waals surface area contributed by atoms with Crippen LogP contribution in [0.5, 0.6) is 0 Å². The summed E-state index contributed by atoms with van der Waals surface area (Å²) in [7, 11) is 0. The van der Waals surface area contributed by atoms with Crippen molar-refractivity contribution in [1.29, 1.82) is 0 Å². The van der Waals surface area contributed by atoms with Crippen LogP contribution in [0.1, 0.15) is 25.7 Å². The largest absolute Gasteiger partial charge is 0.328 e. The Morgan fingerprint density at radius 2 is 2.04 bits per heavy atom. The fourth-order valence-electron chi connectivity index (χ4n) is 3.45. The molecule has 3 N–H and O–H groups in total. The number of hydrogen-bond donors (Lipinski definition) is 2. The summed E-state index contributed by atoms with van der Waals surface area (Å²) in [6, 6.07) is 11.8. The molecule has 0 radical (unpaired) electrons. The number of para-hydroxylation sites is 2. The Balaban J connectivity index is 1.49. The van der Waals surface area contributed by atoms with Crippen molar-refractivity contribution in [2.75, 3.05) is 5.32 Å². The van der Waals surface area contributed by atoms with E-state index >= 15 is 0 Å². The van der Waals surface area contributed by atoms with Crippen LogP contribution < -0.4 is 11.1 Å². The first-order valence-corrected chi connectivity index (χ1v) is 8.65. The van der Waals surface area contributed by atoms with Crippen molar-refractivity contribution in [2.24, 2.45) is 11.7 Å². The molecule has 25 heavy (non-hydrogen) atoms. The van der Waals surface area contributed by atoms with Gasteiger partial charge in [0.2, 0.25) is 5.91 Å². The average molecular weight is 335 g/mol. The number of rotatable bonds is 3. The number of hydrogen-bond acceptors (Lipinski definition) is 4. The smallest absolute Gasteiger partial charge is 0.227 e. The van der Waals surface area contributed by atoms with Gasteiger partial charge >= 0.3 is 0 Å². The lowest BCUT2D eigenvalue weighted by atomic mass is 9.85. The van der Waals surface area contributed by atoms with Crippen molar-refractivity contribution < 1.29 is 4.79 Å². The van der Waals surface area contributed by atoms with Crippen LogP contribution in [-0.2, 0) is 4.79 Å². The monoisotopic (exact) mass is 335 g/mol. The van der Waals surface area contributed by atoms with E-state index in [2.05, 4.69) is 15.3 Å². The molecule has 1 fully saturated rings. The standard InChI is InChI=1S/C19H21N5O/c20-14-5-3-4-13(10-14)19(25)23-15-8-9-18(21-11-15)24-12-22-16-6-1-2-7-17(16)24/h1-2,6-9,11-14H,3-5,10,20H2,(H,23,25). The maximum Gasteiger partial charge on any atom is 0.227 e. The number of aromatic nitrogens is 3. The number of carbonyl (C=O) groups excluding carboxylic acids is 1. The van der Waals surface area contributed by atoms with E-state index in [1.807, 2.05) is 41.0 Å². The van der Waals surface area contributed by atoms with Crippen LogP contribution in [0.15, 0.2) is 48.9 Å². The molecular weight excluding hydrogens is 314 g/mol. The van der Waals surface area contributed by atoms with Gasteiger partial charge in [-0.25, -0.2) is 9.97 Å². The van der Waals surface area contributed by atoms with E-state index in [9.17, 15) is 4.79 Å². The van der Waals surface area contributed by atoms with Crippen LogP contribution >= 0.6 is 0 Å². The third-order valence-electron chi connectivity index (χ3n) is 4.80. The highest BCUT2D eigenvalue weighted by Crippen LogP contribution is 2.24. The lowest BCUT2D eigenvalue weighted by Crippen LogP contribution is -2.34. The molecular formula is C19H21N5O. The third kappa shape index (κ3) is 3.25. The highest BCUT2D eigenvalue weighted by molar-refractivity contribution is 5.92. The first-order valence-electron chi connectivity index (χ1n) is 8.65. The second-order valence-corrected chi connectivity index (χ2v) is 6.62. The minimum absolute atomic E-state index is 0.000943. The van der Waals surface area contributed by atoms with E-state index in [-0.39, 0.29) is 17.9 Å². The molecule has 6 heteroatoms. The van der Waals surface area contributed by atoms with Gasteiger partial charge in [0.05, 0.1) is 22.9 Å². The third-order valence-corrected chi connectivity index (χ3v) is 4.80. The van der Waals surface area contributed by atoms with Crippen LogP contribution in [0.4, 0.5) is 5.69 Å². The summed E-state index contributed by atoms with van der Waals surface area (Å²) in [6.45, 7) is 0. The molecule has 1 amide bonds. The summed E-state index contributed by atoms with van der Waals surface area (Å²) in [5.74, 6) is 0.810. The van der Waals surface area contributed by atoms with Crippen molar-refractivity contribution in [2.45, 2.75) is 31.7 Å². The Morgan fingerprint density at radius 3 is 2.84 bits per heavy atom. The molecule has 2 heterocycles. The van der Waals surface area contributed by atoms with Crippen molar-refractivity contribution in [3.63, 3.8) is 0 Å². The quantitative estimate of drug-likeness (QED) is 0.770. The zero-order valence-electron chi connectivity index (χ0n) is 13.9. The number of imidazole rings is 1. The Kier molecular flexibility index (Phi) is 4.19. The van der Waals surface area contributed by atoms with E-state index in [1.54, 1.807) is 12.5 Å².